The molecule has 1 amide bonds. The summed E-state index contributed by atoms with van der Waals surface area (Å²) in [6.45, 7) is 4.02. The second-order valence-electron chi connectivity index (χ2n) is 4.14. The first-order valence-electron chi connectivity index (χ1n) is 5.58. The lowest BCUT2D eigenvalue weighted by molar-refractivity contribution is -0.121. The molecule has 0 aliphatic heterocycles. The molecule has 0 radical (unpaired) electrons. The number of aliphatic hydroxyl groups excluding tert-OH is 1. The highest BCUT2D eigenvalue weighted by atomic mass is 16.3. The summed E-state index contributed by atoms with van der Waals surface area (Å²) in [5.74, 6) is -0.0117. The van der Waals surface area contributed by atoms with Crippen LogP contribution < -0.4 is 5.32 Å². The van der Waals surface area contributed by atoms with E-state index in [0.717, 1.165) is 6.42 Å². The van der Waals surface area contributed by atoms with Crippen molar-refractivity contribution in [1.82, 2.24) is 5.32 Å². The van der Waals surface area contributed by atoms with E-state index in [-0.39, 0.29) is 5.91 Å². The normalized spacial score (nSPS) is 12.2. The smallest absolute Gasteiger partial charge is 0.220 e. The van der Waals surface area contributed by atoms with Crippen molar-refractivity contribution in [2.24, 2.45) is 0 Å². The van der Waals surface area contributed by atoms with Gasteiger partial charge in [0.1, 0.15) is 0 Å². The van der Waals surface area contributed by atoms with Crippen molar-refractivity contribution in [2.75, 3.05) is 6.54 Å². The Morgan fingerprint density at radius 3 is 2.88 bits per heavy atom. The predicted octanol–water partition coefficient (Wildman–Crippen LogP) is 1.42. The summed E-state index contributed by atoms with van der Waals surface area (Å²) < 4.78 is 0. The minimum Gasteiger partial charge on any atom is -0.392 e. The van der Waals surface area contributed by atoms with Crippen LogP contribution in [0.1, 0.15) is 24.5 Å². The lowest BCUT2D eigenvalue weighted by atomic mass is 10.1. The first-order valence-corrected chi connectivity index (χ1v) is 5.58. The molecule has 0 spiro atoms. The average molecular weight is 221 g/mol. The van der Waals surface area contributed by atoms with Crippen molar-refractivity contribution in [2.45, 2.75) is 32.8 Å². The van der Waals surface area contributed by atoms with Crippen LogP contribution in [0.25, 0.3) is 0 Å². The molecule has 2 N–H and O–H groups in total. The van der Waals surface area contributed by atoms with Gasteiger partial charge in [0, 0.05) is 13.0 Å². The molecule has 0 unspecified atom stereocenters. The summed E-state index contributed by atoms with van der Waals surface area (Å²) >= 11 is 0. The van der Waals surface area contributed by atoms with Gasteiger partial charge in [-0.05, 0) is 25.8 Å². The third-order valence-electron chi connectivity index (χ3n) is 2.32. The van der Waals surface area contributed by atoms with Crippen molar-refractivity contribution < 1.29 is 9.90 Å². The number of hydrogen-bond acceptors (Lipinski definition) is 2. The van der Waals surface area contributed by atoms with Gasteiger partial charge in [0.2, 0.25) is 5.91 Å². The van der Waals surface area contributed by atoms with Gasteiger partial charge in [0.15, 0.2) is 0 Å². The summed E-state index contributed by atoms with van der Waals surface area (Å²) in [6.07, 6.45) is 0.728. The average Bonchev–Trinajstić information content (AvgIpc) is 2.23. The van der Waals surface area contributed by atoms with Crippen LogP contribution >= 0.6 is 0 Å². The zero-order chi connectivity index (χ0) is 12.0. The Bertz CT molecular complexity index is 348. The van der Waals surface area contributed by atoms with Crippen LogP contribution in [0.4, 0.5) is 0 Å². The summed E-state index contributed by atoms with van der Waals surface area (Å²) in [4.78, 5) is 11.4. The maximum absolute atomic E-state index is 11.4. The van der Waals surface area contributed by atoms with Crippen LogP contribution in [0.2, 0.25) is 0 Å². The maximum Gasteiger partial charge on any atom is 0.220 e. The molecule has 0 saturated carbocycles. The molecule has 0 aliphatic rings. The molecule has 88 valence electrons. The topological polar surface area (TPSA) is 49.3 Å². The molecule has 16 heavy (non-hydrogen) atoms. The summed E-state index contributed by atoms with van der Waals surface area (Å²) in [5.41, 5.74) is 2.38. The van der Waals surface area contributed by atoms with Crippen molar-refractivity contribution in [3.8, 4) is 0 Å². The highest BCUT2D eigenvalue weighted by Gasteiger charge is 2.03. The number of rotatable bonds is 5. The SMILES string of the molecule is Cc1cccc(CCC(=O)NC[C@@H](C)O)c1. The van der Waals surface area contributed by atoms with Crippen molar-refractivity contribution >= 4 is 5.91 Å². The highest BCUT2D eigenvalue weighted by Crippen LogP contribution is 2.06. The van der Waals surface area contributed by atoms with Gasteiger partial charge in [-0.2, -0.15) is 0 Å². The van der Waals surface area contributed by atoms with Crippen LogP contribution in [0.3, 0.4) is 0 Å². The van der Waals surface area contributed by atoms with E-state index >= 15 is 0 Å². The van der Waals surface area contributed by atoms with E-state index in [1.165, 1.54) is 11.1 Å². The Balaban J connectivity index is 2.31. The summed E-state index contributed by atoms with van der Waals surface area (Å²) in [6, 6.07) is 8.15. The van der Waals surface area contributed by atoms with E-state index in [1.54, 1.807) is 6.92 Å². The van der Waals surface area contributed by atoms with Crippen molar-refractivity contribution in [3.05, 3.63) is 35.4 Å². The standard InChI is InChI=1S/C13H19NO2/c1-10-4-3-5-12(8-10)6-7-13(16)14-9-11(2)15/h3-5,8,11,15H,6-7,9H2,1-2H3,(H,14,16)/t11-/m1/s1. The molecular weight excluding hydrogens is 202 g/mol. The van der Waals surface area contributed by atoms with Gasteiger partial charge >= 0.3 is 0 Å². The molecule has 1 rings (SSSR count). The fraction of sp³-hybridized carbons (Fsp3) is 0.462. The summed E-state index contributed by atoms with van der Waals surface area (Å²) in [7, 11) is 0. The lowest BCUT2D eigenvalue weighted by Crippen LogP contribution is -2.30. The second-order valence-corrected chi connectivity index (χ2v) is 4.14. The van der Waals surface area contributed by atoms with Crippen LogP contribution in [-0.4, -0.2) is 23.7 Å². The van der Waals surface area contributed by atoms with Crippen LogP contribution in [-0.2, 0) is 11.2 Å². The zero-order valence-electron chi connectivity index (χ0n) is 9.86. The molecule has 1 aromatic rings. The Morgan fingerprint density at radius 1 is 1.50 bits per heavy atom. The van der Waals surface area contributed by atoms with E-state index in [0.29, 0.717) is 13.0 Å². The van der Waals surface area contributed by atoms with Gasteiger partial charge < -0.3 is 10.4 Å². The van der Waals surface area contributed by atoms with E-state index in [4.69, 9.17) is 5.11 Å². The maximum atomic E-state index is 11.4. The number of aryl methyl sites for hydroxylation is 2. The zero-order valence-corrected chi connectivity index (χ0v) is 9.86. The first-order chi connectivity index (χ1) is 7.58. The fourth-order valence-electron chi connectivity index (χ4n) is 1.48. The second kappa shape index (κ2) is 6.28. The van der Waals surface area contributed by atoms with Crippen LogP contribution in [0.5, 0.6) is 0 Å². The van der Waals surface area contributed by atoms with Crippen molar-refractivity contribution in [1.29, 1.82) is 0 Å². The van der Waals surface area contributed by atoms with Gasteiger partial charge in [0.25, 0.3) is 0 Å². The molecule has 1 atom stereocenters. The van der Waals surface area contributed by atoms with Crippen molar-refractivity contribution in [3.63, 3.8) is 0 Å². The largest absolute Gasteiger partial charge is 0.392 e. The Labute approximate surface area is 96.5 Å². The molecule has 0 aromatic heterocycles. The van der Waals surface area contributed by atoms with Gasteiger partial charge in [-0.1, -0.05) is 29.8 Å². The van der Waals surface area contributed by atoms with E-state index in [9.17, 15) is 4.79 Å². The third-order valence-corrected chi connectivity index (χ3v) is 2.32. The number of nitrogens with one attached hydrogen (secondary N) is 1. The molecule has 0 bridgehead atoms. The number of carbonyl (C=O) groups excluding carboxylic acids is 1. The number of carbonyl (C=O) groups is 1. The first kappa shape index (κ1) is 12.7. The van der Waals surface area contributed by atoms with Gasteiger partial charge in [-0.3, -0.25) is 4.79 Å². The monoisotopic (exact) mass is 221 g/mol. The number of amides is 1. The Morgan fingerprint density at radius 2 is 2.25 bits per heavy atom. The number of aliphatic hydroxyl groups is 1. The Hall–Kier alpha value is -1.35. The minimum absolute atomic E-state index is 0.0117. The lowest BCUT2D eigenvalue weighted by Gasteiger charge is -2.07. The number of benzene rings is 1. The van der Waals surface area contributed by atoms with Crippen LogP contribution in [0, 0.1) is 6.92 Å². The minimum atomic E-state index is -0.483. The molecule has 3 nitrogen and oxygen atoms in total. The van der Waals surface area contributed by atoms with E-state index < -0.39 is 6.10 Å². The van der Waals surface area contributed by atoms with E-state index in [2.05, 4.69) is 11.4 Å². The summed E-state index contributed by atoms with van der Waals surface area (Å²) in [5, 5.41) is 11.7. The molecule has 0 aliphatic carbocycles. The van der Waals surface area contributed by atoms with Gasteiger partial charge in [-0.15, -0.1) is 0 Å². The van der Waals surface area contributed by atoms with E-state index in [1.807, 2.05) is 25.1 Å². The van der Waals surface area contributed by atoms with Gasteiger partial charge in [-0.25, -0.2) is 0 Å². The molecule has 0 fully saturated rings. The fourth-order valence-corrected chi connectivity index (χ4v) is 1.48. The van der Waals surface area contributed by atoms with Crippen LogP contribution in [0.15, 0.2) is 24.3 Å². The highest BCUT2D eigenvalue weighted by molar-refractivity contribution is 5.76. The predicted molar refractivity (Wildman–Crippen MR) is 64.2 cm³/mol. The van der Waals surface area contributed by atoms with Gasteiger partial charge in [0.05, 0.1) is 6.10 Å². The Kier molecular flexibility index (Phi) is 4.99. The number of hydrogen-bond donors (Lipinski definition) is 2. The molecule has 0 saturated heterocycles. The molecular formula is C13H19NO2. The molecule has 0 heterocycles. The molecule has 1 aromatic carbocycles. The molecule has 3 heteroatoms. The third kappa shape index (κ3) is 4.94. The quantitative estimate of drug-likeness (QED) is 0.790.